The number of benzene rings is 1. The Bertz CT molecular complexity index is 535. The van der Waals surface area contributed by atoms with Gasteiger partial charge in [-0.1, -0.05) is 38.0 Å². The zero-order chi connectivity index (χ0) is 12.5. The van der Waals surface area contributed by atoms with Crippen LogP contribution in [-0.2, 0) is 0 Å². The van der Waals surface area contributed by atoms with Gasteiger partial charge in [0.25, 0.3) is 0 Å². The van der Waals surface area contributed by atoms with E-state index in [2.05, 4.69) is 41.8 Å². The largest absolute Gasteiger partial charge is 0.341 e. The monoisotopic (exact) mass is 242 g/mol. The fourth-order valence-corrected chi connectivity index (χ4v) is 3.27. The predicted molar refractivity (Wildman–Crippen MR) is 76.9 cm³/mol. The summed E-state index contributed by atoms with van der Waals surface area (Å²) < 4.78 is 2.57. The van der Waals surface area contributed by atoms with Gasteiger partial charge in [-0.25, -0.2) is 0 Å². The second-order valence-corrected chi connectivity index (χ2v) is 5.57. The molecule has 1 aromatic carbocycles. The highest BCUT2D eigenvalue weighted by Crippen LogP contribution is 2.36. The molecule has 1 heterocycles. The molecular weight excluding hydrogens is 220 g/mol. The molecule has 1 saturated carbocycles. The molecule has 3 rings (SSSR count). The summed E-state index contributed by atoms with van der Waals surface area (Å²) in [6, 6.07) is 11.8. The fourth-order valence-electron chi connectivity index (χ4n) is 3.27. The van der Waals surface area contributed by atoms with Gasteiger partial charge in [-0.05, 0) is 30.4 Å². The normalized spacial score (nSPS) is 18.6. The van der Waals surface area contributed by atoms with Crippen molar-refractivity contribution in [2.24, 2.45) is 5.73 Å². The van der Waals surface area contributed by atoms with Crippen LogP contribution in [0.15, 0.2) is 30.3 Å². The molecule has 0 bridgehead atoms. The fraction of sp³-hybridized carbons (Fsp3) is 0.500. The van der Waals surface area contributed by atoms with Crippen LogP contribution in [0.4, 0.5) is 0 Å². The van der Waals surface area contributed by atoms with Gasteiger partial charge >= 0.3 is 0 Å². The van der Waals surface area contributed by atoms with E-state index in [1.54, 1.807) is 0 Å². The van der Waals surface area contributed by atoms with Gasteiger partial charge in [0.1, 0.15) is 0 Å². The lowest BCUT2D eigenvalue weighted by Crippen LogP contribution is -2.16. The van der Waals surface area contributed by atoms with E-state index in [4.69, 9.17) is 5.73 Å². The molecule has 2 aromatic rings. The molecule has 18 heavy (non-hydrogen) atoms. The molecule has 2 heteroatoms. The van der Waals surface area contributed by atoms with E-state index in [9.17, 15) is 0 Å². The van der Waals surface area contributed by atoms with Crippen molar-refractivity contribution in [1.29, 1.82) is 0 Å². The zero-order valence-corrected chi connectivity index (χ0v) is 11.1. The second kappa shape index (κ2) is 4.77. The number of nitrogens with two attached hydrogens (primary N) is 1. The van der Waals surface area contributed by atoms with Crippen molar-refractivity contribution >= 4 is 10.9 Å². The molecule has 1 aromatic heterocycles. The highest BCUT2D eigenvalue weighted by Gasteiger charge is 2.23. The third kappa shape index (κ3) is 1.85. The number of hydrogen-bond donors (Lipinski definition) is 1. The van der Waals surface area contributed by atoms with E-state index in [0.717, 1.165) is 6.54 Å². The lowest BCUT2D eigenvalue weighted by Gasteiger charge is -2.20. The van der Waals surface area contributed by atoms with Crippen LogP contribution in [0.1, 0.15) is 50.3 Å². The third-order valence-electron chi connectivity index (χ3n) is 4.33. The highest BCUT2D eigenvalue weighted by molar-refractivity contribution is 5.81. The molecule has 1 aliphatic rings. The Morgan fingerprint density at radius 2 is 2.00 bits per heavy atom. The van der Waals surface area contributed by atoms with Crippen LogP contribution in [0.2, 0.25) is 0 Å². The first kappa shape index (κ1) is 11.8. The number of nitrogens with zero attached hydrogens (tertiary/aromatic N) is 1. The summed E-state index contributed by atoms with van der Waals surface area (Å²) in [6.45, 7) is 2.96. The first-order chi connectivity index (χ1) is 8.81. The summed E-state index contributed by atoms with van der Waals surface area (Å²) >= 11 is 0. The van der Waals surface area contributed by atoms with E-state index in [1.807, 2.05) is 0 Å². The molecule has 1 fully saturated rings. The topological polar surface area (TPSA) is 30.9 Å². The minimum atomic E-state index is 0.443. The smallest absolute Gasteiger partial charge is 0.0485 e. The van der Waals surface area contributed by atoms with Crippen molar-refractivity contribution < 1.29 is 0 Å². The molecule has 1 unspecified atom stereocenters. The number of rotatable bonds is 3. The van der Waals surface area contributed by atoms with Gasteiger partial charge in [-0.3, -0.25) is 0 Å². The lowest BCUT2D eigenvalue weighted by molar-refractivity contribution is 0.503. The van der Waals surface area contributed by atoms with Crippen LogP contribution >= 0.6 is 0 Å². The van der Waals surface area contributed by atoms with Crippen molar-refractivity contribution in [3.8, 4) is 0 Å². The lowest BCUT2D eigenvalue weighted by atomic mass is 10.1. The quantitative estimate of drug-likeness (QED) is 0.871. The number of fused-ring (bicyclic) bond motifs is 1. The number of aromatic nitrogens is 1. The van der Waals surface area contributed by atoms with E-state index in [-0.39, 0.29) is 0 Å². The van der Waals surface area contributed by atoms with E-state index >= 15 is 0 Å². The molecule has 0 amide bonds. The average Bonchev–Trinajstić information content (AvgIpc) is 3.03. The molecular formula is C16H22N2. The molecule has 0 saturated heterocycles. The van der Waals surface area contributed by atoms with E-state index in [1.165, 1.54) is 42.3 Å². The standard InChI is InChI=1S/C16H22N2/c1-12(11-17)16-10-13-6-2-5-9-15(13)18(16)14-7-3-4-8-14/h2,5-6,9-10,12,14H,3-4,7-8,11,17H2,1H3. The van der Waals surface area contributed by atoms with Gasteiger partial charge in [-0.2, -0.15) is 0 Å². The summed E-state index contributed by atoms with van der Waals surface area (Å²) in [6.07, 6.45) is 5.38. The molecule has 2 N–H and O–H groups in total. The maximum atomic E-state index is 5.88. The summed E-state index contributed by atoms with van der Waals surface area (Å²) in [5.41, 5.74) is 8.69. The van der Waals surface area contributed by atoms with Gasteiger partial charge in [0.15, 0.2) is 0 Å². The summed E-state index contributed by atoms with van der Waals surface area (Å²) in [5, 5.41) is 1.36. The van der Waals surface area contributed by atoms with Crippen molar-refractivity contribution in [2.45, 2.75) is 44.6 Å². The number of para-hydroxylation sites is 1. The molecule has 96 valence electrons. The molecule has 0 spiro atoms. The van der Waals surface area contributed by atoms with Crippen LogP contribution in [0.25, 0.3) is 10.9 Å². The second-order valence-electron chi connectivity index (χ2n) is 5.57. The molecule has 1 aliphatic carbocycles. The summed E-state index contributed by atoms with van der Waals surface area (Å²) in [5.74, 6) is 0.443. The van der Waals surface area contributed by atoms with Crippen molar-refractivity contribution in [3.63, 3.8) is 0 Å². The van der Waals surface area contributed by atoms with Crippen LogP contribution in [0, 0.1) is 0 Å². The first-order valence-electron chi connectivity index (χ1n) is 7.11. The third-order valence-corrected chi connectivity index (χ3v) is 4.33. The molecule has 1 atom stereocenters. The summed E-state index contributed by atoms with van der Waals surface area (Å²) in [4.78, 5) is 0. The Morgan fingerprint density at radius 1 is 1.28 bits per heavy atom. The van der Waals surface area contributed by atoms with E-state index in [0.29, 0.717) is 12.0 Å². The van der Waals surface area contributed by atoms with Gasteiger partial charge in [0, 0.05) is 29.7 Å². The minimum absolute atomic E-state index is 0.443. The van der Waals surface area contributed by atoms with Crippen molar-refractivity contribution in [1.82, 2.24) is 4.57 Å². The Kier molecular flexibility index (Phi) is 3.13. The van der Waals surface area contributed by atoms with E-state index < -0.39 is 0 Å². The first-order valence-corrected chi connectivity index (χ1v) is 7.11. The Morgan fingerprint density at radius 3 is 2.72 bits per heavy atom. The summed E-state index contributed by atoms with van der Waals surface area (Å²) in [7, 11) is 0. The highest BCUT2D eigenvalue weighted by atomic mass is 15.0. The van der Waals surface area contributed by atoms with Gasteiger partial charge < -0.3 is 10.3 Å². The van der Waals surface area contributed by atoms with Crippen molar-refractivity contribution in [3.05, 3.63) is 36.0 Å². The Labute approximate surface area is 109 Å². The maximum Gasteiger partial charge on any atom is 0.0485 e. The minimum Gasteiger partial charge on any atom is -0.341 e. The van der Waals surface area contributed by atoms with Gasteiger partial charge in [0.05, 0.1) is 0 Å². The van der Waals surface area contributed by atoms with Crippen LogP contribution in [0.3, 0.4) is 0 Å². The van der Waals surface area contributed by atoms with Crippen LogP contribution in [0.5, 0.6) is 0 Å². The molecule has 0 aliphatic heterocycles. The average molecular weight is 242 g/mol. The van der Waals surface area contributed by atoms with Crippen LogP contribution < -0.4 is 5.73 Å². The Balaban J connectivity index is 2.17. The van der Waals surface area contributed by atoms with Crippen LogP contribution in [-0.4, -0.2) is 11.1 Å². The zero-order valence-electron chi connectivity index (χ0n) is 11.1. The van der Waals surface area contributed by atoms with Gasteiger partial charge in [-0.15, -0.1) is 0 Å². The van der Waals surface area contributed by atoms with Gasteiger partial charge in [0.2, 0.25) is 0 Å². The predicted octanol–water partition coefficient (Wildman–Crippen LogP) is 3.82. The molecule has 0 radical (unpaired) electrons. The SMILES string of the molecule is CC(CN)c1cc2ccccc2n1C1CCCC1. The Hall–Kier alpha value is -1.28. The number of hydrogen-bond acceptors (Lipinski definition) is 1. The molecule has 2 nitrogen and oxygen atoms in total. The van der Waals surface area contributed by atoms with Crippen molar-refractivity contribution in [2.75, 3.05) is 6.54 Å². The maximum absolute atomic E-state index is 5.88.